The molecule has 0 aliphatic carbocycles. The van der Waals surface area contributed by atoms with Gasteiger partial charge in [0.15, 0.2) is 0 Å². The van der Waals surface area contributed by atoms with Crippen LogP contribution in [0.25, 0.3) is 0 Å². The molecule has 2 N–H and O–H groups in total. The van der Waals surface area contributed by atoms with Crippen molar-refractivity contribution in [1.82, 2.24) is 9.29 Å². The van der Waals surface area contributed by atoms with E-state index in [1.807, 2.05) is 20.8 Å². The van der Waals surface area contributed by atoms with E-state index in [1.54, 1.807) is 12.3 Å². The average molecular weight is 315 g/mol. The smallest absolute Gasteiger partial charge is 0.246 e. The highest BCUT2D eigenvalue weighted by Crippen LogP contribution is 2.25. The van der Waals surface area contributed by atoms with E-state index in [2.05, 4.69) is 10.3 Å². The summed E-state index contributed by atoms with van der Waals surface area (Å²) in [5, 5.41) is 12.1. The minimum atomic E-state index is -3.64. The Kier molecular flexibility index (Phi) is 7.07. The van der Waals surface area contributed by atoms with Crippen molar-refractivity contribution in [3.05, 3.63) is 18.5 Å². The lowest BCUT2D eigenvalue weighted by molar-refractivity contribution is 0.258. The van der Waals surface area contributed by atoms with E-state index in [-0.39, 0.29) is 17.5 Å². The van der Waals surface area contributed by atoms with Crippen molar-refractivity contribution in [2.24, 2.45) is 0 Å². The maximum atomic E-state index is 12.8. The van der Waals surface area contributed by atoms with Crippen LogP contribution in [0.5, 0.6) is 0 Å². The van der Waals surface area contributed by atoms with E-state index >= 15 is 0 Å². The van der Waals surface area contributed by atoms with Gasteiger partial charge in [0, 0.05) is 38.1 Å². The largest absolute Gasteiger partial charge is 0.396 e. The number of aromatic nitrogens is 1. The van der Waals surface area contributed by atoms with Crippen LogP contribution < -0.4 is 5.32 Å². The van der Waals surface area contributed by atoms with E-state index in [0.717, 1.165) is 6.42 Å². The van der Waals surface area contributed by atoms with Gasteiger partial charge in [-0.2, -0.15) is 4.31 Å². The normalized spacial score (nSPS) is 12.1. The van der Waals surface area contributed by atoms with Crippen molar-refractivity contribution in [3.8, 4) is 0 Å². The molecule has 0 amide bonds. The molecular weight excluding hydrogens is 290 g/mol. The third kappa shape index (κ3) is 4.66. The number of hydrogen-bond acceptors (Lipinski definition) is 5. The molecule has 120 valence electrons. The second-order valence-electron chi connectivity index (χ2n) is 5.09. The van der Waals surface area contributed by atoms with Gasteiger partial charge in [-0.15, -0.1) is 0 Å². The predicted octanol–water partition coefficient (Wildman–Crippen LogP) is 1.68. The van der Waals surface area contributed by atoms with Gasteiger partial charge in [0.2, 0.25) is 10.0 Å². The molecule has 0 bridgehead atoms. The number of hydrogen-bond donors (Lipinski definition) is 2. The molecule has 7 heteroatoms. The molecule has 0 atom stereocenters. The molecule has 1 rings (SSSR count). The van der Waals surface area contributed by atoms with Crippen LogP contribution in [-0.2, 0) is 10.0 Å². The van der Waals surface area contributed by atoms with Crippen LogP contribution in [0.15, 0.2) is 23.4 Å². The van der Waals surface area contributed by atoms with Crippen LogP contribution >= 0.6 is 0 Å². The molecule has 0 aliphatic heterocycles. The summed E-state index contributed by atoms with van der Waals surface area (Å²) in [6, 6.07) is 1.49. The predicted molar refractivity (Wildman–Crippen MR) is 83.7 cm³/mol. The lowest BCUT2D eigenvalue weighted by atomic mass is 10.3. The number of pyridine rings is 1. The minimum absolute atomic E-state index is 0.0350. The van der Waals surface area contributed by atoms with Crippen molar-refractivity contribution in [1.29, 1.82) is 0 Å². The van der Waals surface area contributed by atoms with E-state index in [4.69, 9.17) is 5.11 Å². The summed E-state index contributed by atoms with van der Waals surface area (Å²) in [6.45, 7) is 6.62. The Bertz CT molecular complexity index is 532. The van der Waals surface area contributed by atoms with Crippen LogP contribution in [0.3, 0.4) is 0 Å². The first-order valence-electron chi connectivity index (χ1n) is 7.25. The summed E-state index contributed by atoms with van der Waals surface area (Å²) in [5.74, 6) is 0. The highest BCUT2D eigenvalue weighted by Gasteiger charge is 2.29. The zero-order chi connectivity index (χ0) is 15.9. The number of aliphatic hydroxyl groups is 1. The van der Waals surface area contributed by atoms with Crippen molar-refractivity contribution < 1.29 is 13.5 Å². The van der Waals surface area contributed by atoms with Gasteiger partial charge in [-0.1, -0.05) is 6.92 Å². The SMILES string of the molecule is CCCNc1ccncc1S(=O)(=O)N(CCCO)C(C)C. The summed E-state index contributed by atoms with van der Waals surface area (Å²) in [5.41, 5.74) is 0.571. The maximum absolute atomic E-state index is 12.8. The standard InChI is InChI=1S/C14H25N3O3S/c1-4-7-16-13-6-8-15-11-14(13)21(19,20)17(12(2)3)9-5-10-18/h6,8,11-12,18H,4-5,7,9-10H2,1-3H3,(H,15,16). The van der Waals surface area contributed by atoms with Crippen LogP contribution in [0, 0.1) is 0 Å². The monoisotopic (exact) mass is 315 g/mol. The highest BCUT2D eigenvalue weighted by molar-refractivity contribution is 7.89. The van der Waals surface area contributed by atoms with Gasteiger partial charge in [-0.25, -0.2) is 8.42 Å². The van der Waals surface area contributed by atoms with E-state index in [1.165, 1.54) is 10.5 Å². The molecule has 0 aliphatic rings. The van der Waals surface area contributed by atoms with Gasteiger partial charge in [-0.3, -0.25) is 4.98 Å². The Morgan fingerprint density at radius 2 is 2.14 bits per heavy atom. The Labute approximate surface area is 127 Å². The van der Waals surface area contributed by atoms with E-state index < -0.39 is 10.0 Å². The fourth-order valence-corrected chi connectivity index (χ4v) is 3.79. The van der Waals surface area contributed by atoms with E-state index in [9.17, 15) is 8.42 Å². The summed E-state index contributed by atoms with van der Waals surface area (Å²) in [7, 11) is -3.64. The number of nitrogens with one attached hydrogen (secondary N) is 1. The fraction of sp³-hybridized carbons (Fsp3) is 0.643. The van der Waals surface area contributed by atoms with Gasteiger partial charge in [-0.05, 0) is 32.8 Å². The second-order valence-corrected chi connectivity index (χ2v) is 6.94. The Morgan fingerprint density at radius 1 is 1.43 bits per heavy atom. The first-order valence-corrected chi connectivity index (χ1v) is 8.69. The molecule has 6 nitrogen and oxygen atoms in total. The average Bonchev–Trinajstić information content (AvgIpc) is 2.45. The van der Waals surface area contributed by atoms with Crippen LogP contribution in [0.2, 0.25) is 0 Å². The number of nitrogens with zero attached hydrogens (tertiary/aromatic N) is 2. The third-order valence-electron chi connectivity index (χ3n) is 3.05. The second kappa shape index (κ2) is 8.31. The molecule has 21 heavy (non-hydrogen) atoms. The molecule has 1 aromatic heterocycles. The van der Waals surface area contributed by atoms with Crippen LogP contribution in [0.4, 0.5) is 5.69 Å². The Balaban J connectivity index is 3.15. The number of rotatable bonds is 9. The first kappa shape index (κ1) is 17.9. The van der Waals surface area contributed by atoms with Gasteiger partial charge in [0.1, 0.15) is 4.90 Å². The summed E-state index contributed by atoms with van der Waals surface area (Å²) in [4.78, 5) is 4.13. The topological polar surface area (TPSA) is 82.5 Å². The molecule has 0 unspecified atom stereocenters. The summed E-state index contributed by atoms with van der Waals surface area (Å²) < 4.78 is 27.1. The van der Waals surface area contributed by atoms with Crippen molar-refractivity contribution >= 4 is 15.7 Å². The number of sulfonamides is 1. The molecule has 0 saturated carbocycles. The fourth-order valence-electron chi connectivity index (χ4n) is 2.00. The van der Waals surface area contributed by atoms with Crippen LogP contribution in [-0.4, -0.2) is 48.6 Å². The number of anilines is 1. The number of aliphatic hydroxyl groups excluding tert-OH is 1. The highest BCUT2D eigenvalue weighted by atomic mass is 32.2. The van der Waals surface area contributed by atoms with Gasteiger partial charge >= 0.3 is 0 Å². The third-order valence-corrected chi connectivity index (χ3v) is 5.15. The Hall–Kier alpha value is -1.18. The molecule has 1 aromatic rings. The van der Waals surface area contributed by atoms with Crippen molar-refractivity contribution in [2.45, 2.75) is 44.6 Å². The zero-order valence-electron chi connectivity index (χ0n) is 12.9. The van der Waals surface area contributed by atoms with Crippen molar-refractivity contribution in [3.63, 3.8) is 0 Å². The maximum Gasteiger partial charge on any atom is 0.246 e. The minimum Gasteiger partial charge on any atom is -0.396 e. The van der Waals surface area contributed by atoms with Crippen molar-refractivity contribution in [2.75, 3.05) is 25.0 Å². The summed E-state index contributed by atoms with van der Waals surface area (Å²) in [6.07, 6.45) is 4.27. The van der Waals surface area contributed by atoms with Crippen LogP contribution in [0.1, 0.15) is 33.6 Å². The van der Waals surface area contributed by atoms with Gasteiger partial charge < -0.3 is 10.4 Å². The molecule has 0 aromatic carbocycles. The molecular formula is C14H25N3O3S. The molecule has 1 heterocycles. The lowest BCUT2D eigenvalue weighted by Crippen LogP contribution is -2.38. The van der Waals surface area contributed by atoms with E-state index in [0.29, 0.717) is 25.2 Å². The molecule has 0 saturated heterocycles. The quantitative estimate of drug-likeness (QED) is 0.724. The molecule has 0 spiro atoms. The van der Waals surface area contributed by atoms with Gasteiger partial charge in [0.05, 0.1) is 5.69 Å². The molecule has 0 radical (unpaired) electrons. The summed E-state index contributed by atoms with van der Waals surface area (Å²) >= 11 is 0. The Morgan fingerprint density at radius 3 is 2.71 bits per heavy atom. The molecule has 0 fully saturated rings. The first-order chi connectivity index (χ1) is 9.95. The lowest BCUT2D eigenvalue weighted by Gasteiger charge is -2.26. The van der Waals surface area contributed by atoms with Gasteiger partial charge in [0.25, 0.3) is 0 Å². The zero-order valence-corrected chi connectivity index (χ0v) is 13.7.